The molecule has 3 N–H and O–H groups in total. The van der Waals surface area contributed by atoms with E-state index in [9.17, 15) is 9.59 Å². The highest BCUT2D eigenvalue weighted by molar-refractivity contribution is 6.01. The van der Waals surface area contributed by atoms with E-state index < -0.39 is 5.91 Å². The minimum absolute atomic E-state index is 0.174. The van der Waals surface area contributed by atoms with Crippen molar-refractivity contribution in [1.82, 2.24) is 0 Å². The molecule has 0 spiro atoms. The number of hydrogen-bond donors (Lipinski definition) is 2. The van der Waals surface area contributed by atoms with E-state index in [1.165, 1.54) is 6.08 Å². The second kappa shape index (κ2) is 9.93. The van der Waals surface area contributed by atoms with Crippen LogP contribution in [0.25, 0.3) is 6.08 Å². The molecule has 0 aliphatic carbocycles. The summed E-state index contributed by atoms with van der Waals surface area (Å²) in [6.07, 6.45) is 3.12. The maximum Gasteiger partial charge on any atom is 0.255 e. The molecule has 30 heavy (non-hydrogen) atoms. The van der Waals surface area contributed by atoms with Crippen LogP contribution < -0.4 is 20.5 Å². The second-order valence-electron chi connectivity index (χ2n) is 6.59. The number of benzene rings is 3. The summed E-state index contributed by atoms with van der Waals surface area (Å²) in [5, 5.41) is 2.80. The zero-order chi connectivity index (χ0) is 21.3. The largest absolute Gasteiger partial charge is 0.484 e. The molecule has 0 aromatic heterocycles. The fourth-order valence-corrected chi connectivity index (χ4v) is 2.61. The molecular formula is C24H22N2O4. The van der Waals surface area contributed by atoms with Gasteiger partial charge in [-0.05, 0) is 72.7 Å². The highest BCUT2D eigenvalue weighted by Crippen LogP contribution is 2.23. The van der Waals surface area contributed by atoms with E-state index in [0.29, 0.717) is 17.2 Å². The maximum absolute atomic E-state index is 12.1. The van der Waals surface area contributed by atoms with Crippen molar-refractivity contribution >= 4 is 23.6 Å². The summed E-state index contributed by atoms with van der Waals surface area (Å²) >= 11 is 0. The van der Waals surface area contributed by atoms with Gasteiger partial charge in [0.05, 0.1) is 0 Å². The summed E-state index contributed by atoms with van der Waals surface area (Å²) in [6.45, 7) is 1.83. The molecule has 0 bridgehead atoms. The lowest BCUT2D eigenvalue weighted by atomic mass is 10.2. The van der Waals surface area contributed by atoms with E-state index in [0.717, 1.165) is 16.9 Å². The Hall–Kier alpha value is -4.06. The first-order valence-corrected chi connectivity index (χ1v) is 9.33. The average Bonchev–Trinajstić information content (AvgIpc) is 2.73. The van der Waals surface area contributed by atoms with E-state index in [2.05, 4.69) is 5.32 Å². The van der Waals surface area contributed by atoms with Crippen LogP contribution in [-0.2, 0) is 9.59 Å². The molecule has 0 atom stereocenters. The lowest BCUT2D eigenvalue weighted by molar-refractivity contribution is -0.120. The van der Waals surface area contributed by atoms with Crippen molar-refractivity contribution < 1.29 is 19.1 Å². The Morgan fingerprint density at radius 3 is 2.30 bits per heavy atom. The number of hydrogen-bond acceptors (Lipinski definition) is 4. The number of ether oxygens (including phenoxy) is 2. The fraction of sp³-hybridized carbons (Fsp3) is 0.0833. The molecule has 0 unspecified atom stereocenters. The van der Waals surface area contributed by atoms with Crippen LogP contribution in [0.5, 0.6) is 17.2 Å². The van der Waals surface area contributed by atoms with Crippen LogP contribution in [0.4, 0.5) is 5.69 Å². The zero-order valence-corrected chi connectivity index (χ0v) is 16.5. The Kier molecular flexibility index (Phi) is 6.84. The van der Waals surface area contributed by atoms with Gasteiger partial charge in [0.1, 0.15) is 17.2 Å². The van der Waals surface area contributed by atoms with Crippen LogP contribution in [0.15, 0.2) is 78.9 Å². The van der Waals surface area contributed by atoms with Gasteiger partial charge in [0.2, 0.25) is 5.91 Å². The predicted octanol–water partition coefficient (Wildman–Crippen LogP) is 4.30. The summed E-state index contributed by atoms with van der Waals surface area (Å²) in [7, 11) is 0. The van der Waals surface area contributed by atoms with Gasteiger partial charge in [0.25, 0.3) is 5.91 Å². The molecule has 6 nitrogen and oxygen atoms in total. The number of aryl methyl sites for hydroxylation is 1. The first-order chi connectivity index (χ1) is 14.5. The summed E-state index contributed by atoms with van der Waals surface area (Å²) in [5.41, 5.74) is 7.64. The Morgan fingerprint density at radius 1 is 0.933 bits per heavy atom. The molecule has 152 valence electrons. The van der Waals surface area contributed by atoms with E-state index in [1.54, 1.807) is 54.6 Å². The third-order valence-electron chi connectivity index (χ3n) is 4.04. The normalized spacial score (nSPS) is 10.6. The van der Waals surface area contributed by atoms with Gasteiger partial charge in [-0.3, -0.25) is 9.59 Å². The number of carbonyl (C=O) groups excluding carboxylic acids is 2. The number of carbonyl (C=O) groups is 2. The SMILES string of the molecule is Cc1cccc(Oc2ccc(NC(=O)C=Cc3ccc(OCC(N)=O)cc3)cc2)c1. The van der Waals surface area contributed by atoms with Gasteiger partial charge >= 0.3 is 0 Å². The number of amides is 2. The van der Waals surface area contributed by atoms with Gasteiger partial charge < -0.3 is 20.5 Å². The lowest BCUT2D eigenvalue weighted by Gasteiger charge is -2.08. The average molecular weight is 402 g/mol. The topological polar surface area (TPSA) is 90.7 Å². The lowest BCUT2D eigenvalue weighted by Crippen LogP contribution is -2.19. The van der Waals surface area contributed by atoms with Gasteiger partial charge in [-0.1, -0.05) is 24.3 Å². The van der Waals surface area contributed by atoms with Gasteiger partial charge in [-0.15, -0.1) is 0 Å². The fourth-order valence-electron chi connectivity index (χ4n) is 2.61. The number of nitrogens with two attached hydrogens (primary N) is 1. The first kappa shape index (κ1) is 20.7. The molecule has 3 aromatic carbocycles. The van der Waals surface area contributed by atoms with E-state index >= 15 is 0 Å². The van der Waals surface area contributed by atoms with Crippen LogP contribution >= 0.6 is 0 Å². The van der Waals surface area contributed by atoms with Crippen LogP contribution in [0.2, 0.25) is 0 Å². The third kappa shape index (κ3) is 6.53. The van der Waals surface area contributed by atoms with Crippen molar-refractivity contribution in [1.29, 1.82) is 0 Å². The molecule has 3 aromatic rings. The zero-order valence-electron chi connectivity index (χ0n) is 16.5. The smallest absolute Gasteiger partial charge is 0.255 e. The predicted molar refractivity (Wildman–Crippen MR) is 116 cm³/mol. The van der Waals surface area contributed by atoms with Crippen molar-refractivity contribution in [3.05, 3.63) is 90.0 Å². The standard InChI is InChI=1S/C24H22N2O4/c1-17-3-2-4-22(15-17)30-21-12-8-19(9-13-21)26-24(28)14-7-18-5-10-20(11-6-18)29-16-23(25)27/h2-15H,16H2,1H3,(H2,25,27)(H,26,28). The van der Waals surface area contributed by atoms with Crippen LogP contribution in [0, 0.1) is 6.92 Å². The van der Waals surface area contributed by atoms with Gasteiger partial charge in [0.15, 0.2) is 6.61 Å². The Balaban J connectivity index is 1.52. The summed E-state index contributed by atoms with van der Waals surface area (Å²) < 4.78 is 11.0. The molecule has 0 heterocycles. The molecular weight excluding hydrogens is 380 g/mol. The molecule has 0 radical (unpaired) electrons. The first-order valence-electron chi connectivity index (χ1n) is 9.33. The van der Waals surface area contributed by atoms with Crippen LogP contribution in [0.1, 0.15) is 11.1 Å². The van der Waals surface area contributed by atoms with E-state index in [4.69, 9.17) is 15.2 Å². The third-order valence-corrected chi connectivity index (χ3v) is 4.04. The maximum atomic E-state index is 12.1. The molecule has 0 fully saturated rings. The van der Waals surface area contributed by atoms with Crippen molar-refractivity contribution in [2.75, 3.05) is 11.9 Å². The molecule has 2 amide bonds. The van der Waals surface area contributed by atoms with Crippen molar-refractivity contribution in [3.8, 4) is 17.2 Å². The quantitative estimate of drug-likeness (QED) is 0.550. The van der Waals surface area contributed by atoms with Crippen molar-refractivity contribution in [2.24, 2.45) is 5.73 Å². The highest BCUT2D eigenvalue weighted by Gasteiger charge is 2.02. The van der Waals surface area contributed by atoms with Gasteiger partial charge in [0, 0.05) is 11.8 Å². The van der Waals surface area contributed by atoms with Crippen molar-refractivity contribution in [2.45, 2.75) is 6.92 Å². The number of nitrogens with one attached hydrogen (secondary N) is 1. The van der Waals surface area contributed by atoms with Crippen molar-refractivity contribution in [3.63, 3.8) is 0 Å². The van der Waals surface area contributed by atoms with Crippen LogP contribution in [-0.4, -0.2) is 18.4 Å². The van der Waals surface area contributed by atoms with Gasteiger partial charge in [-0.2, -0.15) is 0 Å². The minimum Gasteiger partial charge on any atom is -0.484 e. The number of rotatable bonds is 8. The monoisotopic (exact) mass is 402 g/mol. The Labute approximate surface area is 174 Å². The Bertz CT molecular complexity index is 1040. The summed E-state index contributed by atoms with van der Waals surface area (Å²) in [5.74, 6) is 1.19. The van der Waals surface area contributed by atoms with Gasteiger partial charge in [-0.25, -0.2) is 0 Å². The molecule has 3 rings (SSSR count). The summed E-state index contributed by atoms with van der Waals surface area (Å²) in [6, 6.07) is 21.9. The van der Waals surface area contributed by atoms with E-state index in [-0.39, 0.29) is 12.5 Å². The van der Waals surface area contributed by atoms with E-state index in [1.807, 2.05) is 31.2 Å². The molecule has 0 saturated carbocycles. The minimum atomic E-state index is -0.537. The summed E-state index contributed by atoms with van der Waals surface area (Å²) in [4.78, 5) is 22.9. The second-order valence-corrected chi connectivity index (χ2v) is 6.59. The number of anilines is 1. The molecule has 0 saturated heterocycles. The highest BCUT2D eigenvalue weighted by atomic mass is 16.5. The van der Waals surface area contributed by atoms with Crippen LogP contribution in [0.3, 0.4) is 0 Å². The number of primary amides is 1. The molecule has 6 heteroatoms. The Morgan fingerprint density at radius 2 is 1.63 bits per heavy atom. The molecule has 0 aliphatic heterocycles. The molecule has 0 aliphatic rings.